The quantitative estimate of drug-likeness (QED) is 0.175. The van der Waals surface area contributed by atoms with Gasteiger partial charge in [0.1, 0.15) is 5.60 Å². The first-order valence-electron chi connectivity index (χ1n) is 19.3. The molecular weight excluding hydrogens is 705 g/mol. The van der Waals surface area contributed by atoms with Gasteiger partial charge in [0.25, 0.3) is 0 Å². The maximum Gasteiger partial charge on any atom is 0.410 e. The van der Waals surface area contributed by atoms with Crippen LogP contribution in [0.3, 0.4) is 0 Å². The summed E-state index contributed by atoms with van der Waals surface area (Å²) >= 11 is 1.72. The first-order chi connectivity index (χ1) is 26.0. The molecule has 2 fully saturated rings. The number of hydrogen-bond donors (Lipinski definition) is 3. The van der Waals surface area contributed by atoms with Gasteiger partial charge in [-0.2, -0.15) is 0 Å². The van der Waals surface area contributed by atoms with Gasteiger partial charge in [0.05, 0.1) is 16.1 Å². The van der Waals surface area contributed by atoms with Crippen LogP contribution in [0, 0.1) is 24.2 Å². The Morgan fingerprint density at radius 2 is 1.51 bits per heavy atom. The Morgan fingerprint density at radius 3 is 2.04 bits per heavy atom. The molecule has 2 aliphatic rings. The molecule has 2 saturated heterocycles. The molecule has 3 atom stereocenters. The molecular formula is C45H68N6O3S. The molecule has 10 heteroatoms. The Bertz CT molecular complexity index is 1610. The molecule has 0 bridgehead atoms. The number of benzene rings is 2. The number of thiazole rings is 1. The Labute approximate surface area is 335 Å². The molecule has 3 heterocycles. The number of carbonyl (C=O) groups excluding carboxylic acids is 2. The second-order valence-corrected chi connectivity index (χ2v) is 17.2. The van der Waals surface area contributed by atoms with Gasteiger partial charge in [0.15, 0.2) is 0 Å². The Morgan fingerprint density at radius 1 is 0.945 bits per heavy atom. The third-order valence-electron chi connectivity index (χ3n) is 9.87. The molecule has 0 spiro atoms. The van der Waals surface area contributed by atoms with Crippen molar-refractivity contribution in [2.45, 2.75) is 105 Å². The highest BCUT2D eigenvalue weighted by Gasteiger charge is 2.35. The van der Waals surface area contributed by atoms with Crippen molar-refractivity contribution in [2.24, 2.45) is 34.5 Å². The molecule has 0 aliphatic carbocycles. The van der Waals surface area contributed by atoms with Crippen LogP contribution in [0.15, 0.2) is 91.9 Å². The number of primary amides is 1. The van der Waals surface area contributed by atoms with Gasteiger partial charge in [0.2, 0.25) is 6.41 Å². The zero-order valence-electron chi connectivity index (χ0n) is 34.6. The van der Waals surface area contributed by atoms with E-state index in [9.17, 15) is 4.79 Å². The topological polar surface area (TPSA) is 141 Å². The number of hydrogen-bond acceptors (Lipinski definition) is 8. The number of aromatic nitrogens is 1. The molecule has 6 N–H and O–H groups in total. The number of allylic oxidation sites excluding steroid dienone is 1. The van der Waals surface area contributed by atoms with Crippen LogP contribution in [0.25, 0.3) is 10.4 Å². The van der Waals surface area contributed by atoms with E-state index in [-0.39, 0.29) is 17.9 Å². The Kier molecular flexibility index (Phi) is 19.2. The predicted octanol–water partition coefficient (Wildman–Crippen LogP) is 9.01. The van der Waals surface area contributed by atoms with Crippen molar-refractivity contribution in [1.29, 1.82) is 0 Å². The lowest BCUT2D eigenvalue weighted by molar-refractivity contribution is -0.106. The smallest absolute Gasteiger partial charge is 0.410 e. The molecule has 2 aromatic carbocycles. The average molecular weight is 773 g/mol. The molecule has 55 heavy (non-hydrogen) atoms. The van der Waals surface area contributed by atoms with Crippen molar-refractivity contribution < 1.29 is 14.3 Å². The summed E-state index contributed by atoms with van der Waals surface area (Å²) < 4.78 is 5.58. The van der Waals surface area contributed by atoms with Crippen LogP contribution in [-0.4, -0.2) is 58.6 Å². The van der Waals surface area contributed by atoms with Crippen LogP contribution < -0.4 is 17.2 Å². The monoisotopic (exact) mass is 773 g/mol. The van der Waals surface area contributed by atoms with Crippen LogP contribution in [0.5, 0.6) is 0 Å². The van der Waals surface area contributed by atoms with Crippen molar-refractivity contribution in [1.82, 2.24) is 14.8 Å². The van der Waals surface area contributed by atoms with Crippen molar-refractivity contribution in [3.05, 3.63) is 114 Å². The fraction of sp³-hybridized carbons (Fsp3) is 0.489. The molecule has 0 radical (unpaired) electrons. The number of nitrogens with zero attached hydrogens (tertiary/aromatic N) is 3. The zero-order chi connectivity index (χ0) is 41.2. The van der Waals surface area contributed by atoms with E-state index < -0.39 is 5.60 Å². The lowest BCUT2D eigenvalue weighted by Crippen LogP contribution is -2.37. The molecule has 0 saturated carbocycles. The number of nitrogens with two attached hydrogens (primary N) is 3. The Hall–Kier alpha value is -4.57. The maximum atomic E-state index is 12.5. The van der Waals surface area contributed by atoms with Gasteiger partial charge in [0, 0.05) is 37.3 Å². The fourth-order valence-corrected chi connectivity index (χ4v) is 8.01. The van der Waals surface area contributed by atoms with Gasteiger partial charge in [-0.1, -0.05) is 89.0 Å². The van der Waals surface area contributed by atoms with E-state index in [4.69, 9.17) is 16.1 Å². The second kappa shape index (κ2) is 22.7. The van der Waals surface area contributed by atoms with Crippen LogP contribution in [-0.2, 0) is 28.8 Å². The van der Waals surface area contributed by atoms with Crippen LogP contribution in [0.1, 0.15) is 89.6 Å². The van der Waals surface area contributed by atoms with Gasteiger partial charge in [-0.05, 0) is 119 Å². The summed E-state index contributed by atoms with van der Waals surface area (Å²) in [6.07, 6.45) is 10.3. The first kappa shape index (κ1) is 46.6. The second-order valence-electron chi connectivity index (χ2n) is 16.3. The summed E-state index contributed by atoms with van der Waals surface area (Å²) in [7, 11) is 0. The number of amides is 2. The molecule has 302 valence electrons. The van der Waals surface area contributed by atoms with Crippen molar-refractivity contribution in [3.63, 3.8) is 0 Å². The number of likely N-dealkylation sites (tertiary alicyclic amines) is 2. The number of aryl methyl sites for hydroxylation is 2. The van der Waals surface area contributed by atoms with Crippen LogP contribution in [0.4, 0.5) is 4.79 Å². The van der Waals surface area contributed by atoms with Gasteiger partial charge < -0.3 is 31.7 Å². The van der Waals surface area contributed by atoms with E-state index in [0.717, 1.165) is 57.4 Å². The maximum absolute atomic E-state index is 12.5. The molecule has 2 aliphatic heterocycles. The molecule has 9 nitrogen and oxygen atoms in total. The fourth-order valence-electron chi connectivity index (χ4n) is 7.20. The van der Waals surface area contributed by atoms with E-state index in [1.54, 1.807) is 11.3 Å². The highest BCUT2D eigenvalue weighted by atomic mass is 32.1. The minimum atomic E-state index is -0.444. The van der Waals surface area contributed by atoms with Crippen molar-refractivity contribution in [3.8, 4) is 10.4 Å². The Balaban J connectivity index is 0.00000106. The standard InChI is InChI=1S/C40H55N3O2S.2C2H5N.CH3NO/c1-28-37(46-27-41-28)34-19-17-31(18-20-34)24-35-10-9-22-43(35)29(2)36(39(3,4)5)25-32-14-11-30(12-15-32)13-16-33-21-23-42(26-33)38(44)45-40(6,7)8;2*1-2-3;2-1-3/h11-12,14-15,17-20,27,33,35-36H,2,9-10,13,16,21-26H2,1,3-8H3;2*2H,1,3H2;1H,(H2,2,3). The third kappa shape index (κ3) is 15.6. The summed E-state index contributed by atoms with van der Waals surface area (Å²) in [6, 6.07) is 18.9. The molecule has 3 unspecified atom stereocenters. The molecule has 3 aromatic rings. The lowest BCUT2D eigenvalue weighted by atomic mass is 9.75. The summed E-state index contributed by atoms with van der Waals surface area (Å²) in [5.41, 5.74) is 22.8. The van der Waals surface area contributed by atoms with Gasteiger partial charge in [-0.3, -0.25) is 4.79 Å². The third-order valence-corrected chi connectivity index (χ3v) is 10.8. The van der Waals surface area contributed by atoms with E-state index in [1.807, 2.05) is 31.2 Å². The first-order valence-corrected chi connectivity index (χ1v) is 20.2. The minimum Gasteiger partial charge on any atom is -0.444 e. The molecule has 1 aromatic heterocycles. The summed E-state index contributed by atoms with van der Waals surface area (Å²) in [5, 5.41) is 0. The molecule has 2 amide bonds. The average Bonchev–Trinajstić information content (AvgIpc) is 3.89. The summed E-state index contributed by atoms with van der Waals surface area (Å²) in [4.78, 5) is 31.2. The number of ether oxygens (including phenoxy) is 1. The van der Waals surface area contributed by atoms with E-state index in [2.05, 4.69) is 116 Å². The van der Waals surface area contributed by atoms with E-state index in [0.29, 0.717) is 17.9 Å². The SMILES string of the molecule is C=C(C(Cc1ccc(CCC2CCN(C(=O)OC(C)(C)C)C2)cc1)C(C)(C)C)N1CCCC1Cc1ccc(-c2scnc2C)cc1.C=CN.C=CN.NC=O. The zero-order valence-corrected chi connectivity index (χ0v) is 35.4. The number of rotatable bonds is 10. The van der Waals surface area contributed by atoms with Crippen molar-refractivity contribution >= 4 is 23.8 Å². The van der Waals surface area contributed by atoms with Gasteiger partial charge in [-0.25, -0.2) is 9.78 Å². The van der Waals surface area contributed by atoms with E-state index in [1.165, 1.54) is 58.1 Å². The summed E-state index contributed by atoms with van der Waals surface area (Å²) in [5.74, 6) is 0.905. The minimum absolute atomic E-state index is 0.111. The molecule has 5 rings (SSSR count). The normalized spacial score (nSPS) is 16.9. The largest absolute Gasteiger partial charge is 0.444 e. The van der Waals surface area contributed by atoms with E-state index >= 15 is 0 Å². The predicted molar refractivity (Wildman–Crippen MR) is 231 cm³/mol. The highest BCUT2D eigenvalue weighted by molar-refractivity contribution is 7.13. The van der Waals surface area contributed by atoms with Crippen molar-refractivity contribution in [2.75, 3.05) is 19.6 Å². The summed E-state index contributed by atoms with van der Waals surface area (Å²) in [6.45, 7) is 28.7. The van der Waals surface area contributed by atoms with Crippen LogP contribution in [0.2, 0.25) is 0 Å². The lowest BCUT2D eigenvalue weighted by Gasteiger charge is -2.40. The van der Waals surface area contributed by atoms with Gasteiger partial charge >= 0.3 is 6.09 Å². The highest BCUT2D eigenvalue weighted by Crippen LogP contribution is 2.39. The number of carbonyl (C=O) groups is 2. The van der Waals surface area contributed by atoms with Crippen LogP contribution >= 0.6 is 11.3 Å². The van der Waals surface area contributed by atoms with Gasteiger partial charge in [-0.15, -0.1) is 11.3 Å².